The number of amides is 1. The van der Waals surface area contributed by atoms with Crippen molar-refractivity contribution in [3.63, 3.8) is 0 Å². The van der Waals surface area contributed by atoms with Crippen LogP contribution in [0.15, 0.2) is 0 Å². The molecule has 15 heavy (non-hydrogen) atoms. The fourth-order valence-corrected chi connectivity index (χ4v) is 2.82. The van der Waals surface area contributed by atoms with Gasteiger partial charge < -0.3 is 10.2 Å². The molecule has 0 radical (unpaired) electrons. The molecule has 3 heteroatoms. The number of likely N-dealkylation sites (tertiary alicyclic amines) is 1. The Labute approximate surface area is 92.2 Å². The summed E-state index contributed by atoms with van der Waals surface area (Å²) >= 11 is 0. The average molecular weight is 210 g/mol. The van der Waals surface area contributed by atoms with Gasteiger partial charge in [0.15, 0.2) is 0 Å². The van der Waals surface area contributed by atoms with E-state index >= 15 is 0 Å². The number of carbonyl (C=O) groups excluding carboxylic acids is 1. The molecule has 2 fully saturated rings. The third kappa shape index (κ3) is 2.33. The summed E-state index contributed by atoms with van der Waals surface area (Å²) in [5, 5.41) is 3.28. The number of nitrogens with zero attached hydrogens (tertiary/aromatic N) is 1. The second-order valence-electron chi connectivity index (χ2n) is 4.78. The Kier molecular flexibility index (Phi) is 3.62. The van der Waals surface area contributed by atoms with Crippen molar-refractivity contribution in [2.24, 2.45) is 5.92 Å². The maximum absolute atomic E-state index is 12.3. The molecule has 0 aliphatic carbocycles. The van der Waals surface area contributed by atoms with Crippen molar-refractivity contribution in [1.82, 2.24) is 10.2 Å². The summed E-state index contributed by atoms with van der Waals surface area (Å²) in [6.45, 7) is 5.10. The second kappa shape index (κ2) is 4.97. The molecule has 2 aliphatic rings. The molecule has 86 valence electrons. The van der Waals surface area contributed by atoms with Crippen molar-refractivity contribution < 1.29 is 4.79 Å². The molecular weight excluding hydrogens is 188 g/mol. The zero-order valence-electron chi connectivity index (χ0n) is 9.67. The summed E-state index contributed by atoms with van der Waals surface area (Å²) in [5.74, 6) is 0.670. The predicted octanol–water partition coefficient (Wildman–Crippen LogP) is 1.39. The highest BCUT2D eigenvalue weighted by Gasteiger charge is 2.31. The molecule has 2 rings (SSSR count). The minimum atomic E-state index is 0.261. The Balaban J connectivity index is 1.96. The van der Waals surface area contributed by atoms with Gasteiger partial charge in [-0.3, -0.25) is 4.79 Å². The lowest BCUT2D eigenvalue weighted by Crippen LogP contribution is -2.46. The SMILES string of the molecule is CCC1CCCCN1C(=O)[C@@H]1CCNC1. The molecule has 0 bridgehead atoms. The van der Waals surface area contributed by atoms with E-state index in [0.717, 1.165) is 32.5 Å². The molecule has 0 aromatic heterocycles. The van der Waals surface area contributed by atoms with Crippen molar-refractivity contribution in [3.8, 4) is 0 Å². The van der Waals surface area contributed by atoms with Crippen LogP contribution in [0.5, 0.6) is 0 Å². The van der Waals surface area contributed by atoms with Gasteiger partial charge in [-0.15, -0.1) is 0 Å². The van der Waals surface area contributed by atoms with Gasteiger partial charge in [-0.2, -0.15) is 0 Å². The van der Waals surface area contributed by atoms with Gasteiger partial charge in [-0.25, -0.2) is 0 Å². The van der Waals surface area contributed by atoms with Crippen molar-refractivity contribution in [2.75, 3.05) is 19.6 Å². The van der Waals surface area contributed by atoms with Gasteiger partial charge in [0.2, 0.25) is 5.91 Å². The predicted molar refractivity (Wildman–Crippen MR) is 60.6 cm³/mol. The molecule has 2 aliphatic heterocycles. The molecule has 0 saturated carbocycles. The standard InChI is InChI=1S/C12H22N2O/c1-2-11-5-3-4-8-14(11)12(15)10-6-7-13-9-10/h10-11,13H,2-9H2,1H3/t10-,11?/m1/s1. The summed E-state index contributed by atoms with van der Waals surface area (Å²) in [6, 6.07) is 0.520. The van der Waals surface area contributed by atoms with Crippen LogP contribution in [0.4, 0.5) is 0 Å². The van der Waals surface area contributed by atoms with E-state index in [1.165, 1.54) is 19.3 Å². The maximum Gasteiger partial charge on any atom is 0.227 e. The molecule has 1 amide bonds. The van der Waals surface area contributed by atoms with E-state index in [-0.39, 0.29) is 5.92 Å². The average Bonchev–Trinajstić information content (AvgIpc) is 2.81. The van der Waals surface area contributed by atoms with Crippen LogP contribution in [0.25, 0.3) is 0 Å². The topological polar surface area (TPSA) is 32.3 Å². The first-order valence-corrected chi connectivity index (χ1v) is 6.34. The van der Waals surface area contributed by atoms with Gasteiger partial charge in [0.1, 0.15) is 0 Å². The van der Waals surface area contributed by atoms with Gasteiger partial charge in [0.05, 0.1) is 5.92 Å². The van der Waals surface area contributed by atoms with E-state index in [9.17, 15) is 4.79 Å². The largest absolute Gasteiger partial charge is 0.339 e. The fraction of sp³-hybridized carbons (Fsp3) is 0.917. The molecule has 0 aromatic rings. The molecule has 1 N–H and O–H groups in total. The highest BCUT2D eigenvalue weighted by Crippen LogP contribution is 2.23. The van der Waals surface area contributed by atoms with E-state index in [4.69, 9.17) is 0 Å². The van der Waals surface area contributed by atoms with E-state index < -0.39 is 0 Å². The minimum absolute atomic E-state index is 0.261. The Morgan fingerprint density at radius 2 is 2.27 bits per heavy atom. The fourth-order valence-electron chi connectivity index (χ4n) is 2.82. The molecule has 3 nitrogen and oxygen atoms in total. The summed E-state index contributed by atoms with van der Waals surface area (Å²) < 4.78 is 0. The highest BCUT2D eigenvalue weighted by atomic mass is 16.2. The van der Waals surface area contributed by atoms with Crippen molar-refractivity contribution >= 4 is 5.91 Å². The van der Waals surface area contributed by atoms with Gasteiger partial charge >= 0.3 is 0 Å². The van der Waals surface area contributed by atoms with Crippen LogP contribution in [0.1, 0.15) is 39.0 Å². The summed E-state index contributed by atoms with van der Waals surface area (Å²) in [4.78, 5) is 14.4. The molecule has 0 aromatic carbocycles. The zero-order valence-corrected chi connectivity index (χ0v) is 9.67. The normalized spacial score (nSPS) is 31.9. The zero-order chi connectivity index (χ0) is 10.7. The first kappa shape index (κ1) is 10.9. The Morgan fingerprint density at radius 1 is 1.40 bits per heavy atom. The van der Waals surface area contributed by atoms with Crippen LogP contribution in [0.2, 0.25) is 0 Å². The quantitative estimate of drug-likeness (QED) is 0.747. The van der Waals surface area contributed by atoms with Gasteiger partial charge in [-0.1, -0.05) is 6.92 Å². The third-order valence-corrected chi connectivity index (χ3v) is 3.79. The third-order valence-electron chi connectivity index (χ3n) is 3.79. The maximum atomic E-state index is 12.3. The van der Waals surface area contributed by atoms with Crippen LogP contribution in [-0.2, 0) is 4.79 Å². The highest BCUT2D eigenvalue weighted by molar-refractivity contribution is 5.79. The number of rotatable bonds is 2. The van der Waals surface area contributed by atoms with Crippen molar-refractivity contribution in [1.29, 1.82) is 0 Å². The number of nitrogens with one attached hydrogen (secondary N) is 1. The van der Waals surface area contributed by atoms with Crippen LogP contribution < -0.4 is 5.32 Å². The van der Waals surface area contributed by atoms with Gasteiger partial charge in [0.25, 0.3) is 0 Å². The van der Waals surface area contributed by atoms with E-state index in [1.807, 2.05) is 0 Å². The molecule has 2 saturated heterocycles. The van der Waals surface area contributed by atoms with Crippen LogP contribution in [0.3, 0.4) is 0 Å². The van der Waals surface area contributed by atoms with Gasteiger partial charge in [0, 0.05) is 19.1 Å². The smallest absolute Gasteiger partial charge is 0.227 e. The van der Waals surface area contributed by atoms with E-state index in [0.29, 0.717) is 11.9 Å². The Bertz CT molecular complexity index is 224. The first-order chi connectivity index (χ1) is 7.33. The number of carbonyl (C=O) groups is 1. The molecule has 0 spiro atoms. The van der Waals surface area contributed by atoms with Crippen LogP contribution >= 0.6 is 0 Å². The summed E-state index contributed by atoms with van der Waals surface area (Å²) in [6.07, 6.45) is 5.85. The first-order valence-electron chi connectivity index (χ1n) is 6.34. The molecule has 1 unspecified atom stereocenters. The minimum Gasteiger partial charge on any atom is -0.339 e. The Morgan fingerprint density at radius 3 is 2.93 bits per heavy atom. The lowest BCUT2D eigenvalue weighted by molar-refractivity contribution is -0.138. The molecular formula is C12H22N2O. The summed E-state index contributed by atoms with van der Waals surface area (Å²) in [5.41, 5.74) is 0. The van der Waals surface area contributed by atoms with E-state index in [2.05, 4.69) is 17.1 Å². The lowest BCUT2D eigenvalue weighted by Gasteiger charge is -2.36. The van der Waals surface area contributed by atoms with Crippen molar-refractivity contribution in [3.05, 3.63) is 0 Å². The number of hydrogen-bond acceptors (Lipinski definition) is 2. The molecule has 2 heterocycles. The Hall–Kier alpha value is -0.570. The lowest BCUT2D eigenvalue weighted by atomic mass is 9.97. The summed E-state index contributed by atoms with van der Waals surface area (Å²) in [7, 11) is 0. The van der Waals surface area contributed by atoms with Gasteiger partial charge in [-0.05, 0) is 38.6 Å². The number of piperidine rings is 1. The van der Waals surface area contributed by atoms with E-state index in [1.54, 1.807) is 0 Å². The van der Waals surface area contributed by atoms with Crippen molar-refractivity contribution in [2.45, 2.75) is 45.1 Å². The van der Waals surface area contributed by atoms with Crippen LogP contribution in [-0.4, -0.2) is 36.5 Å². The van der Waals surface area contributed by atoms with Crippen LogP contribution in [0, 0.1) is 5.92 Å². The monoisotopic (exact) mass is 210 g/mol. The number of hydrogen-bond donors (Lipinski definition) is 1. The second-order valence-corrected chi connectivity index (χ2v) is 4.78. The molecule has 2 atom stereocenters.